The third-order valence-corrected chi connectivity index (χ3v) is 8.80. The molecule has 31 heavy (non-hydrogen) atoms. The van der Waals surface area contributed by atoms with Gasteiger partial charge in [0.2, 0.25) is 15.9 Å². The molecule has 164 valence electrons. The number of hydrogen-bond acceptors (Lipinski definition) is 5. The van der Waals surface area contributed by atoms with Crippen molar-refractivity contribution in [3.8, 4) is 0 Å². The maximum Gasteiger partial charge on any atom is 0.308 e. The first kappa shape index (κ1) is 21.7. The van der Waals surface area contributed by atoms with Gasteiger partial charge in [-0.2, -0.15) is 4.31 Å². The van der Waals surface area contributed by atoms with E-state index in [0.717, 1.165) is 40.8 Å². The van der Waals surface area contributed by atoms with Gasteiger partial charge in [-0.3, -0.25) is 14.2 Å². The predicted octanol–water partition coefficient (Wildman–Crippen LogP) is 3.65. The third-order valence-electron chi connectivity index (χ3n) is 5.70. The second-order valence-corrected chi connectivity index (χ2v) is 10.8. The van der Waals surface area contributed by atoms with Crippen LogP contribution in [0.15, 0.2) is 58.2 Å². The molecule has 9 heteroatoms. The van der Waals surface area contributed by atoms with Gasteiger partial charge in [-0.05, 0) is 63.1 Å². The van der Waals surface area contributed by atoms with Crippen LogP contribution >= 0.6 is 11.3 Å². The Hall–Kier alpha value is -2.49. The summed E-state index contributed by atoms with van der Waals surface area (Å²) >= 11 is 1.10. The van der Waals surface area contributed by atoms with Gasteiger partial charge in [-0.15, -0.1) is 0 Å². The highest BCUT2D eigenvalue weighted by Gasteiger charge is 2.35. The molecule has 1 fully saturated rings. The van der Waals surface area contributed by atoms with E-state index in [4.69, 9.17) is 0 Å². The Balaban J connectivity index is 1.49. The average Bonchev–Trinajstić information content (AvgIpc) is 3.03. The van der Waals surface area contributed by atoms with Crippen molar-refractivity contribution in [2.45, 2.75) is 56.6 Å². The number of amides is 1. The number of nitrogens with zero attached hydrogens (tertiary/aromatic N) is 2. The molecule has 0 aliphatic carbocycles. The predicted molar refractivity (Wildman–Crippen MR) is 123 cm³/mol. The lowest BCUT2D eigenvalue weighted by atomic mass is 10.0. The minimum atomic E-state index is -3.60. The zero-order valence-electron chi connectivity index (χ0n) is 17.4. The summed E-state index contributed by atoms with van der Waals surface area (Å²) in [4.78, 5) is 24.7. The van der Waals surface area contributed by atoms with Gasteiger partial charge >= 0.3 is 4.87 Å². The van der Waals surface area contributed by atoms with Crippen LogP contribution in [0.1, 0.15) is 33.1 Å². The number of carbonyl (C=O) groups is 1. The Morgan fingerprint density at radius 1 is 1.06 bits per heavy atom. The number of thiazole rings is 1. The maximum atomic E-state index is 13.1. The summed E-state index contributed by atoms with van der Waals surface area (Å²) < 4.78 is 30.1. The van der Waals surface area contributed by atoms with E-state index >= 15 is 0 Å². The van der Waals surface area contributed by atoms with Crippen LogP contribution in [0.3, 0.4) is 0 Å². The van der Waals surface area contributed by atoms with Crippen LogP contribution in [-0.4, -0.2) is 35.3 Å². The molecule has 0 radical (unpaired) electrons. The number of piperidine rings is 1. The maximum absolute atomic E-state index is 13.1. The van der Waals surface area contributed by atoms with Crippen LogP contribution in [-0.2, 0) is 21.4 Å². The first-order valence-electron chi connectivity index (χ1n) is 10.3. The van der Waals surface area contributed by atoms with E-state index in [-0.39, 0.29) is 34.3 Å². The number of benzene rings is 2. The summed E-state index contributed by atoms with van der Waals surface area (Å²) in [5, 5.41) is 2.75. The fourth-order valence-corrected chi connectivity index (χ4v) is 6.98. The van der Waals surface area contributed by atoms with Crippen molar-refractivity contribution in [3.05, 3.63) is 58.2 Å². The molecule has 0 unspecified atom stereocenters. The lowest BCUT2D eigenvalue weighted by molar-refractivity contribution is -0.116. The van der Waals surface area contributed by atoms with Gasteiger partial charge in [0, 0.05) is 17.8 Å². The number of aromatic nitrogens is 1. The molecule has 1 aliphatic rings. The summed E-state index contributed by atoms with van der Waals surface area (Å²) in [5.41, 5.74) is 1.20. The molecule has 2 heterocycles. The zero-order valence-corrected chi connectivity index (χ0v) is 19.1. The van der Waals surface area contributed by atoms with E-state index in [1.165, 1.54) is 16.7 Å². The Morgan fingerprint density at radius 3 is 2.39 bits per heavy atom. The normalized spacial score (nSPS) is 20.1. The fraction of sp³-hybridized carbons (Fsp3) is 0.364. The highest BCUT2D eigenvalue weighted by atomic mass is 32.2. The van der Waals surface area contributed by atoms with E-state index in [2.05, 4.69) is 5.32 Å². The van der Waals surface area contributed by atoms with Crippen LogP contribution in [0.4, 0.5) is 5.69 Å². The standard InChI is InChI=1S/C22H25N3O4S2/c1-15-6-5-7-16(2)25(15)31(28,29)18-12-10-17(11-13-18)23-21(26)14-24-19-8-3-4-9-20(19)30-22(24)27/h3-4,8-13,15-16H,5-7,14H2,1-2H3,(H,23,26)/t15-,16-/m0/s1. The van der Waals surface area contributed by atoms with Crippen molar-refractivity contribution in [3.63, 3.8) is 0 Å². The number of anilines is 1. The molecule has 1 aromatic heterocycles. The van der Waals surface area contributed by atoms with Crippen molar-refractivity contribution >= 4 is 43.2 Å². The molecular formula is C22H25N3O4S2. The van der Waals surface area contributed by atoms with E-state index in [1.54, 1.807) is 16.4 Å². The van der Waals surface area contributed by atoms with Crippen LogP contribution in [0.5, 0.6) is 0 Å². The van der Waals surface area contributed by atoms with Gasteiger partial charge in [0.25, 0.3) is 0 Å². The number of rotatable bonds is 5. The molecule has 7 nitrogen and oxygen atoms in total. The average molecular weight is 460 g/mol. The summed E-state index contributed by atoms with van der Waals surface area (Å²) in [6.45, 7) is 3.78. The lowest BCUT2D eigenvalue weighted by Gasteiger charge is -2.37. The van der Waals surface area contributed by atoms with Gasteiger partial charge in [0.1, 0.15) is 6.54 Å². The Morgan fingerprint density at radius 2 is 1.71 bits per heavy atom. The minimum absolute atomic E-state index is 0.0353. The van der Waals surface area contributed by atoms with Gasteiger partial charge < -0.3 is 5.32 Å². The quantitative estimate of drug-likeness (QED) is 0.631. The second-order valence-electron chi connectivity index (χ2n) is 7.96. The van der Waals surface area contributed by atoms with E-state index < -0.39 is 10.0 Å². The Kier molecular flexibility index (Phi) is 6.00. The van der Waals surface area contributed by atoms with Crippen molar-refractivity contribution in [2.75, 3.05) is 5.32 Å². The molecular weight excluding hydrogens is 434 g/mol. The van der Waals surface area contributed by atoms with Crippen LogP contribution in [0, 0.1) is 0 Å². The summed E-state index contributed by atoms with van der Waals surface area (Å²) in [5.74, 6) is -0.348. The summed E-state index contributed by atoms with van der Waals surface area (Å²) in [6.07, 6.45) is 2.74. The van der Waals surface area contributed by atoms with E-state index in [1.807, 2.05) is 38.1 Å². The third kappa shape index (κ3) is 4.30. The first-order valence-corrected chi connectivity index (χ1v) is 12.5. The Labute approximate surface area is 185 Å². The summed E-state index contributed by atoms with van der Waals surface area (Å²) in [6, 6.07) is 13.5. The highest BCUT2D eigenvalue weighted by molar-refractivity contribution is 7.89. The number of fused-ring (bicyclic) bond motifs is 1. The second kappa shape index (κ2) is 8.57. The number of nitrogens with one attached hydrogen (secondary N) is 1. The van der Waals surface area contributed by atoms with Gasteiger partial charge in [0.05, 0.1) is 15.1 Å². The minimum Gasteiger partial charge on any atom is -0.325 e. The van der Waals surface area contributed by atoms with Gasteiger partial charge in [0.15, 0.2) is 0 Å². The zero-order chi connectivity index (χ0) is 22.2. The first-order chi connectivity index (χ1) is 14.8. The molecule has 0 bridgehead atoms. The number of para-hydroxylation sites is 1. The summed E-state index contributed by atoms with van der Waals surface area (Å²) in [7, 11) is -3.60. The van der Waals surface area contributed by atoms with Gasteiger partial charge in [-0.25, -0.2) is 8.42 Å². The van der Waals surface area contributed by atoms with Crippen LogP contribution < -0.4 is 10.2 Å². The molecule has 2 atom stereocenters. The smallest absolute Gasteiger partial charge is 0.308 e. The van der Waals surface area contributed by atoms with Crippen molar-refractivity contribution < 1.29 is 13.2 Å². The molecule has 0 spiro atoms. The topological polar surface area (TPSA) is 88.5 Å². The van der Waals surface area contributed by atoms with Crippen molar-refractivity contribution in [1.82, 2.24) is 8.87 Å². The molecule has 3 aromatic rings. The molecule has 2 aromatic carbocycles. The molecule has 1 saturated heterocycles. The monoisotopic (exact) mass is 459 g/mol. The van der Waals surface area contributed by atoms with Crippen molar-refractivity contribution in [2.24, 2.45) is 0 Å². The highest BCUT2D eigenvalue weighted by Crippen LogP contribution is 2.30. The lowest BCUT2D eigenvalue weighted by Crippen LogP contribution is -2.47. The number of sulfonamides is 1. The fourth-order valence-electron chi connectivity index (χ4n) is 4.21. The van der Waals surface area contributed by atoms with Crippen molar-refractivity contribution in [1.29, 1.82) is 0 Å². The molecule has 0 saturated carbocycles. The largest absolute Gasteiger partial charge is 0.325 e. The molecule has 1 N–H and O–H groups in total. The van der Waals surface area contributed by atoms with E-state index in [0.29, 0.717) is 5.69 Å². The molecule has 1 aliphatic heterocycles. The van der Waals surface area contributed by atoms with Crippen LogP contribution in [0.2, 0.25) is 0 Å². The SMILES string of the molecule is C[C@H]1CCC[C@H](C)N1S(=O)(=O)c1ccc(NC(=O)Cn2c(=O)sc3ccccc32)cc1. The van der Waals surface area contributed by atoms with Gasteiger partial charge in [-0.1, -0.05) is 29.9 Å². The Bertz CT molecular complexity index is 1250. The van der Waals surface area contributed by atoms with Crippen LogP contribution in [0.25, 0.3) is 10.2 Å². The number of hydrogen-bond donors (Lipinski definition) is 1. The number of carbonyl (C=O) groups excluding carboxylic acids is 1. The van der Waals surface area contributed by atoms with E-state index in [9.17, 15) is 18.0 Å². The molecule has 1 amide bonds. The molecule has 4 rings (SSSR count).